The highest BCUT2D eigenvalue weighted by Gasteiger charge is 2.19. The maximum atomic E-state index is 11.8. The van der Waals surface area contributed by atoms with Gasteiger partial charge in [-0.25, -0.2) is 4.79 Å². The molecule has 1 aromatic heterocycles. The van der Waals surface area contributed by atoms with E-state index in [1.165, 1.54) is 22.2 Å². The first-order valence-corrected chi connectivity index (χ1v) is 4.72. The molecule has 15 heavy (non-hydrogen) atoms. The van der Waals surface area contributed by atoms with E-state index in [0.717, 1.165) is 0 Å². The molecule has 1 aromatic rings. The largest absolute Gasteiger partial charge is 0.390 e. The fraction of sp³-hybridized carbons (Fsp3) is 0.600. The molecular weight excluding hydrogens is 196 g/mol. The van der Waals surface area contributed by atoms with Gasteiger partial charge in [-0.15, -0.1) is 0 Å². The zero-order chi connectivity index (χ0) is 11.8. The van der Waals surface area contributed by atoms with Crippen LogP contribution in [0.5, 0.6) is 0 Å². The molecule has 0 amide bonds. The minimum atomic E-state index is -0.556. The van der Waals surface area contributed by atoms with Gasteiger partial charge < -0.3 is 5.11 Å². The summed E-state index contributed by atoms with van der Waals surface area (Å²) in [6.45, 7) is 5.04. The van der Waals surface area contributed by atoms with E-state index in [1.807, 2.05) is 0 Å². The van der Waals surface area contributed by atoms with Crippen molar-refractivity contribution in [3.05, 3.63) is 32.6 Å². The van der Waals surface area contributed by atoms with Gasteiger partial charge in [0.05, 0.1) is 12.3 Å². The topological polar surface area (TPSA) is 64.2 Å². The van der Waals surface area contributed by atoms with Crippen molar-refractivity contribution in [1.82, 2.24) is 9.13 Å². The van der Waals surface area contributed by atoms with Gasteiger partial charge in [0, 0.05) is 18.7 Å². The molecule has 84 valence electrons. The first-order chi connectivity index (χ1) is 6.79. The summed E-state index contributed by atoms with van der Waals surface area (Å²) in [6.07, 6.45) is 0. The maximum absolute atomic E-state index is 11.8. The summed E-state index contributed by atoms with van der Waals surface area (Å²) < 4.78 is 2.46. The van der Waals surface area contributed by atoms with Gasteiger partial charge in [-0.2, -0.15) is 0 Å². The molecule has 0 radical (unpaired) electrons. The van der Waals surface area contributed by atoms with E-state index in [0.29, 0.717) is 5.69 Å². The average molecular weight is 212 g/mol. The molecule has 1 heterocycles. The molecule has 0 fully saturated rings. The van der Waals surface area contributed by atoms with Crippen molar-refractivity contribution in [1.29, 1.82) is 0 Å². The van der Waals surface area contributed by atoms with Gasteiger partial charge in [0.15, 0.2) is 0 Å². The molecule has 0 aliphatic rings. The van der Waals surface area contributed by atoms with Crippen molar-refractivity contribution in [2.75, 3.05) is 0 Å². The van der Waals surface area contributed by atoms with Crippen LogP contribution in [0.15, 0.2) is 15.7 Å². The molecule has 1 rings (SSSR count). The smallest absolute Gasteiger partial charge is 0.331 e. The summed E-state index contributed by atoms with van der Waals surface area (Å²) >= 11 is 0. The van der Waals surface area contributed by atoms with Gasteiger partial charge in [-0.3, -0.25) is 13.9 Å². The SMILES string of the molecule is Cn1c(CO)cc(=O)n(C(C)(C)C)c1=O. The molecule has 0 saturated carbocycles. The van der Waals surface area contributed by atoms with Gasteiger partial charge in [0.1, 0.15) is 0 Å². The summed E-state index contributed by atoms with van der Waals surface area (Å²) in [5, 5.41) is 8.95. The van der Waals surface area contributed by atoms with E-state index in [4.69, 9.17) is 5.11 Å². The number of aliphatic hydroxyl groups excluding tert-OH is 1. The molecular formula is C10H16N2O3. The van der Waals surface area contributed by atoms with Crippen LogP contribution in [0.25, 0.3) is 0 Å². The number of aromatic nitrogens is 2. The Morgan fingerprint density at radius 3 is 2.27 bits per heavy atom. The Hall–Kier alpha value is -1.36. The van der Waals surface area contributed by atoms with Crippen LogP contribution in [-0.2, 0) is 19.2 Å². The van der Waals surface area contributed by atoms with Crippen molar-refractivity contribution in [2.45, 2.75) is 32.9 Å². The Morgan fingerprint density at radius 2 is 1.87 bits per heavy atom. The molecule has 5 heteroatoms. The number of rotatable bonds is 1. The molecule has 0 unspecified atom stereocenters. The number of hydrogen-bond acceptors (Lipinski definition) is 3. The molecule has 0 saturated heterocycles. The third kappa shape index (κ3) is 2.02. The third-order valence-corrected chi connectivity index (χ3v) is 2.25. The Labute approximate surface area is 87.6 Å². The Morgan fingerprint density at radius 1 is 1.33 bits per heavy atom. The van der Waals surface area contributed by atoms with Gasteiger partial charge in [0.2, 0.25) is 0 Å². The van der Waals surface area contributed by atoms with E-state index >= 15 is 0 Å². The highest BCUT2D eigenvalue weighted by molar-refractivity contribution is 5.02. The van der Waals surface area contributed by atoms with E-state index in [2.05, 4.69) is 0 Å². The first kappa shape index (κ1) is 11.7. The van der Waals surface area contributed by atoms with Crippen molar-refractivity contribution in [3.8, 4) is 0 Å². The van der Waals surface area contributed by atoms with E-state index in [1.54, 1.807) is 20.8 Å². The fourth-order valence-electron chi connectivity index (χ4n) is 1.44. The van der Waals surface area contributed by atoms with Crippen LogP contribution in [0, 0.1) is 0 Å². The minimum Gasteiger partial charge on any atom is -0.390 e. The molecule has 1 N–H and O–H groups in total. The normalized spacial score (nSPS) is 11.8. The summed E-state index contributed by atoms with van der Waals surface area (Å²) in [4.78, 5) is 23.5. The number of hydrogen-bond donors (Lipinski definition) is 1. The molecule has 0 spiro atoms. The Balaban J connectivity index is 3.66. The highest BCUT2D eigenvalue weighted by atomic mass is 16.3. The van der Waals surface area contributed by atoms with Crippen LogP contribution < -0.4 is 11.2 Å². The molecule has 0 bridgehead atoms. The third-order valence-electron chi connectivity index (χ3n) is 2.25. The van der Waals surface area contributed by atoms with E-state index in [-0.39, 0.29) is 12.2 Å². The summed E-state index contributed by atoms with van der Waals surface area (Å²) in [5.41, 5.74) is -1.01. The number of aliphatic hydroxyl groups is 1. The van der Waals surface area contributed by atoms with Gasteiger partial charge in [-0.05, 0) is 20.8 Å². The fourth-order valence-corrected chi connectivity index (χ4v) is 1.44. The molecule has 0 atom stereocenters. The minimum absolute atomic E-state index is 0.314. The first-order valence-electron chi connectivity index (χ1n) is 4.72. The van der Waals surface area contributed by atoms with Crippen molar-refractivity contribution >= 4 is 0 Å². The van der Waals surface area contributed by atoms with Crippen LogP contribution in [0.1, 0.15) is 26.5 Å². The van der Waals surface area contributed by atoms with Gasteiger partial charge >= 0.3 is 5.69 Å². The van der Waals surface area contributed by atoms with Gasteiger partial charge in [-0.1, -0.05) is 0 Å². The second-order valence-electron chi connectivity index (χ2n) is 4.48. The summed E-state index contributed by atoms with van der Waals surface area (Å²) in [7, 11) is 1.54. The standard InChI is InChI=1S/C10H16N2O3/c1-10(2,3)12-8(14)5-7(6-13)11(4)9(12)15/h5,13H,6H2,1-4H3. The quantitative estimate of drug-likeness (QED) is 0.700. The lowest BCUT2D eigenvalue weighted by molar-refractivity contribution is 0.265. The lowest BCUT2D eigenvalue weighted by Crippen LogP contribution is -2.47. The van der Waals surface area contributed by atoms with Crippen LogP contribution in [0.4, 0.5) is 0 Å². The second kappa shape index (κ2) is 3.66. The summed E-state index contributed by atoms with van der Waals surface area (Å²) in [6, 6.07) is 1.28. The van der Waals surface area contributed by atoms with Crippen LogP contribution in [0.3, 0.4) is 0 Å². The zero-order valence-corrected chi connectivity index (χ0v) is 9.44. The average Bonchev–Trinajstić information content (AvgIpc) is 2.09. The Kier molecular flexibility index (Phi) is 2.86. The monoisotopic (exact) mass is 212 g/mol. The van der Waals surface area contributed by atoms with Crippen LogP contribution in [-0.4, -0.2) is 14.2 Å². The predicted molar refractivity (Wildman–Crippen MR) is 56.9 cm³/mol. The molecule has 0 aromatic carbocycles. The predicted octanol–water partition coefficient (Wildman–Crippen LogP) is -0.206. The van der Waals surface area contributed by atoms with Crippen molar-refractivity contribution < 1.29 is 5.11 Å². The van der Waals surface area contributed by atoms with Crippen LogP contribution in [0.2, 0.25) is 0 Å². The maximum Gasteiger partial charge on any atom is 0.331 e. The number of nitrogens with zero attached hydrogens (tertiary/aromatic N) is 2. The van der Waals surface area contributed by atoms with Gasteiger partial charge in [0.25, 0.3) is 5.56 Å². The second-order valence-corrected chi connectivity index (χ2v) is 4.48. The lowest BCUT2D eigenvalue weighted by atomic mass is 10.1. The highest BCUT2D eigenvalue weighted by Crippen LogP contribution is 2.07. The lowest BCUT2D eigenvalue weighted by Gasteiger charge is -2.22. The van der Waals surface area contributed by atoms with Crippen molar-refractivity contribution in [3.63, 3.8) is 0 Å². The van der Waals surface area contributed by atoms with Crippen molar-refractivity contribution in [2.24, 2.45) is 7.05 Å². The molecule has 0 aliphatic heterocycles. The van der Waals surface area contributed by atoms with Crippen LogP contribution >= 0.6 is 0 Å². The van der Waals surface area contributed by atoms with E-state index in [9.17, 15) is 9.59 Å². The molecule has 0 aliphatic carbocycles. The zero-order valence-electron chi connectivity index (χ0n) is 9.44. The van der Waals surface area contributed by atoms with E-state index < -0.39 is 11.2 Å². The molecule has 5 nitrogen and oxygen atoms in total. The summed E-state index contributed by atoms with van der Waals surface area (Å²) in [5.74, 6) is 0. The Bertz CT molecular complexity index is 477.